The Morgan fingerprint density at radius 3 is 1.94 bits per heavy atom. The summed E-state index contributed by atoms with van der Waals surface area (Å²) in [5.41, 5.74) is 0.384. The van der Waals surface area contributed by atoms with Crippen LogP contribution in [-0.2, 0) is 29.8 Å². The number of hydrogen-bond acceptors (Lipinski definition) is 7. The molecular formula is C4H18O7Si6. The summed E-state index contributed by atoms with van der Waals surface area (Å²) in [5, 5.41) is 0. The lowest BCUT2D eigenvalue weighted by atomic mass is 10.4. The Bertz CT molecular complexity index is 226. The van der Waals surface area contributed by atoms with Crippen molar-refractivity contribution in [1.82, 2.24) is 0 Å². The molecule has 0 fully saturated rings. The highest BCUT2D eigenvalue weighted by molar-refractivity contribution is 6.47. The molecule has 0 bridgehead atoms. The van der Waals surface area contributed by atoms with Crippen LogP contribution in [0.1, 0.15) is 6.92 Å². The molecule has 0 atom stereocenters. The van der Waals surface area contributed by atoms with Gasteiger partial charge in [0.05, 0.1) is 0 Å². The van der Waals surface area contributed by atoms with E-state index in [1.165, 1.54) is 0 Å². The fourth-order valence-corrected chi connectivity index (χ4v) is 9.15. The SMILES string of the molecule is C=C(C)C(=O)O[SiH2]O[SiH2]O[SiH2]O[SiH2]O[SiH2]O[SiH3]. The van der Waals surface area contributed by atoms with Gasteiger partial charge in [-0.15, -0.1) is 0 Å². The molecular weight excluding hydrogens is 329 g/mol. The molecule has 7 nitrogen and oxygen atoms in total. The van der Waals surface area contributed by atoms with Crippen LogP contribution in [0.15, 0.2) is 12.2 Å². The van der Waals surface area contributed by atoms with Gasteiger partial charge in [0.25, 0.3) is 40.0 Å². The van der Waals surface area contributed by atoms with Crippen LogP contribution in [0.4, 0.5) is 0 Å². The molecule has 0 saturated carbocycles. The number of rotatable bonds is 11. The fraction of sp³-hybridized carbons (Fsp3) is 0.250. The summed E-state index contributed by atoms with van der Waals surface area (Å²) >= 11 is 0. The summed E-state index contributed by atoms with van der Waals surface area (Å²) < 4.78 is 30.7. The fourth-order valence-electron chi connectivity index (χ4n) is 0.615. The number of hydrogen-bond donors (Lipinski definition) is 0. The Kier molecular flexibility index (Phi) is 13.0. The van der Waals surface area contributed by atoms with Crippen molar-refractivity contribution in [2.24, 2.45) is 0 Å². The second-order valence-electron chi connectivity index (χ2n) is 2.91. The molecule has 0 aromatic carbocycles. The molecule has 0 rings (SSSR count). The van der Waals surface area contributed by atoms with Gasteiger partial charge in [-0.3, -0.25) is 0 Å². The monoisotopic (exact) mass is 346 g/mol. The Morgan fingerprint density at radius 2 is 1.47 bits per heavy atom. The first-order valence-corrected chi connectivity index (χ1v) is 11.4. The van der Waals surface area contributed by atoms with E-state index in [4.69, 9.17) is 25.0 Å². The minimum Gasteiger partial charge on any atom is -0.497 e. The lowest BCUT2D eigenvalue weighted by Gasteiger charge is -2.07. The molecule has 0 aromatic heterocycles. The van der Waals surface area contributed by atoms with Crippen LogP contribution in [0, 0.1) is 0 Å². The van der Waals surface area contributed by atoms with E-state index in [1.54, 1.807) is 6.92 Å². The van der Waals surface area contributed by atoms with Gasteiger partial charge >= 0.3 is 16.0 Å². The summed E-state index contributed by atoms with van der Waals surface area (Å²) in [6.07, 6.45) is 0. The van der Waals surface area contributed by atoms with Gasteiger partial charge in [-0.05, 0) is 6.92 Å². The quantitative estimate of drug-likeness (QED) is 0.210. The first kappa shape index (κ1) is 17.3. The van der Waals surface area contributed by atoms with Crippen molar-refractivity contribution in [3.05, 3.63) is 12.2 Å². The minimum absolute atomic E-state index is 0.384. The van der Waals surface area contributed by atoms with Crippen LogP contribution < -0.4 is 0 Å². The van der Waals surface area contributed by atoms with Crippen molar-refractivity contribution in [1.29, 1.82) is 0 Å². The largest absolute Gasteiger partial charge is 0.497 e. The molecule has 0 aromatic rings. The highest BCUT2D eigenvalue weighted by Crippen LogP contribution is 1.90. The zero-order chi connectivity index (χ0) is 12.9. The second-order valence-corrected chi connectivity index (χ2v) is 13.2. The summed E-state index contributed by atoms with van der Waals surface area (Å²) in [6.45, 7) is 5.06. The van der Waals surface area contributed by atoms with E-state index in [1.807, 2.05) is 0 Å². The maximum absolute atomic E-state index is 11.0. The van der Waals surface area contributed by atoms with Crippen LogP contribution in [0.2, 0.25) is 0 Å². The van der Waals surface area contributed by atoms with Gasteiger partial charge in [-0.25, -0.2) is 4.79 Å². The van der Waals surface area contributed by atoms with Gasteiger partial charge in [-0.2, -0.15) is 0 Å². The van der Waals surface area contributed by atoms with Crippen molar-refractivity contribution in [3.8, 4) is 0 Å². The van der Waals surface area contributed by atoms with Crippen molar-refractivity contribution >= 4 is 66.5 Å². The van der Waals surface area contributed by atoms with E-state index in [9.17, 15) is 4.79 Å². The normalized spacial score (nSPS) is 13.9. The molecule has 0 aliphatic heterocycles. The molecule has 0 radical (unpaired) electrons. The van der Waals surface area contributed by atoms with Gasteiger partial charge < -0.3 is 25.0 Å². The van der Waals surface area contributed by atoms with E-state index in [-0.39, 0.29) is 0 Å². The Balaban J connectivity index is 3.08. The first-order valence-electron chi connectivity index (χ1n) is 4.81. The van der Waals surface area contributed by atoms with Gasteiger partial charge in [0, 0.05) is 5.57 Å². The van der Waals surface area contributed by atoms with E-state index in [0.717, 1.165) is 10.5 Å². The van der Waals surface area contributed by atoms with Crippen LogP contribution in [0.3, 0.4) is 0 Å². The summed E-state index contributed by atoms with van der Waals surface area (Å²) in [5.74, 6) is -0.395. The summed E-state index contributed by atoms with van der Waals surface area (Å²) in [7, 11) is -4.19. The van der Waals surface area contributed by atoms with Crippen LogP contribution in [0.5, 0.6) is 0 Å². The maximum Gasteiger partial charge on any atom is 0.360 e. The smallest absolute Gasteiger partial charge is 0.360 e. The van der Waals surface area contributed by atoms with E-state index in [2.05, 4.69) is 6.58 Å². The van der Waals surface area contributed by atoms with Crippen molar-refractivity contribution in [2.75, 3.05) is 0 Å². The average Bonchev–Trinajstić information content (AvgIpc) is 2.31. The minimum atomic E-state index is -1.26. The van der Waals surface area contributed by atoms with Gasteiger partial charge in [0.2, 0.25) is 0 Å². The van der Waals surface area contributed by atoms with Crippen LogP contribution in [0.25, 0.3) is 0 Å². The van der Waals surface area contributed by atoms with Crippen molar-refractivity contribution in [2.45, 2.75) is 6.92 Å². The zero-order valence-electron chi connectivity index (χ0n) is 10.1. The third-order valence-electron chi connectivity index (χ3n) is 1.32. The highest BCUT2D eigenvalue weighted by Gasteiger charge is 2.02. The molecule has 13 heteroatoms. The topological polar surface area (TPSA) is 72.5 Å². The summed E-state index contributed by atoms with van der Waals surface area (Å²) in [4.78, 5) is 11.0. The van der Waals surface area contributed by atoms with E-state index in [0.29, 0.717) is 5.57 Å². The lowest BCUT2D eigenvalue weighted by Crippen LogP contribution is -2.20. The molecule has 0 heterocycles. The van der Waals surface area contributed by atoms with Gasteiger partial charge in [0.1, 0.15) is 10.5 Å². The van der Waals surface area contributed by atoms with Crippen molar-refractivity contribution < 1.29 is 29.8 Å². The highest BCUT2D eigenvalue weighted by atomic mass is 28.4. The summed E-state index contributed by atoms with van der Waals surface area (Å²) in [6, 6.07) is 0. The van der Waals surface area contributed by atoms with Crippen molar-refractivity contribution in [3.63, 3.8) is 0 Å². The molecule has 17 heavy (non-hydrogen) atoms. The third kappa shape index (κ3) is 12.6. The zero-order valence-corrected chi connectivity index (χ0v) is 19.2. The maximum atomic E-state index is 11.0. The molecule has 0 spiro atoms. The Morgan fingerprint density at radius 1 is 1.00 bits per heavy atom. The third-order valence-corrected chi connectivity index (χ3v) is 7.98. The molecule has 0 aliphatic rings. The Labute approximate surface area is 115 Å². The molecule has 0 unspecified atom stereocenters. The van der Waals surface area contributed by atoms with E-state index >= 15 is 0 Å². The van der Waals surface area contributed by atoms with Gasteiger partial charge in [-0.1, -0.05) is 6.58 Å². The molecule has 0 saturated heterocycles. The van der Waals surface area contributed by atoms with Crippen LogP contribution in [-0.4, -0.2) is 66.5 Å². The van der Waals surface area contributed by atoms with E-state index < -0.39 is 56.0 Å². The number of carbonyl (C=O) groups is 1. The second kappa shape index (κ2) is 12.8. The van der Waals surface area contributed by atoms with Crippen LogP contribution >= 0.6 is 0 Å². The molecule has 0 aliphatic carbocycles. The number of carbonyl (C=O) groups excluding carboxylic acids is 1. The first-order chi connectivity index (χ1) is 8.18. The molecule has 0 amide bonds. The predicted molar refractivity (Wildman–Crippen MR) is 79.0 cm³/mol. The molecule has 0 N–H and O–H groups in total. The Hall–Kier alpha value is 0.311. The predicted octanol–water partition coefficient (Wildman–Crippen LogP) is -5.54. The average molecular weight is 347 g/mol. The lowest BCUT2D eigenvalue weighted by molar-refractivity contribution is -0.130. The van der Waals surface area contributed by atoms with Gasteiger partial charge in [0.15, 0.2) is 0 Å². The molecule has 100 valence electrons. The standard InChI is InChI=1S/C4H18O7Si6/c1-3(2)4(5)6-13-8-15-10-17-11-16-9-14-7-12/h1,13-17H2,2,12H3.